The maximum absolute atomic E-state index is 11.4. The van der Waals surface area contributed by atoms with Gasteiger partial charge in [0, 0.05) is 13.0 Å². The predicted molar refractivity (Wildman–Crippen MR) is 61.7 cm³/mol. The van der Waals surface area contributed by atoms with Gasteiger partial charge < -0.3 is 4.74 Å². The van der Waals surface area contributed by atoms with Crippen molar-refractivity contribution in [1.82, 2.24) is 5.48 Å². The van der Waals surface area contributed by atoms with Crippen LogP contribution in [-0.4, -0.2) is 25.2 Å². The van der Waals surface area contributed by atoms with Crippen LogP contribution in [0, 0.1) is 11.8 Å². The van der Waals surface area contributed by atoms with Gasteiger partial charge in [-0.25, -0.2) is 5.48 Å². The van der Waals surface area contributed by atoms with Crippen LogP contribution in [0.1, 0.15) is 40.0 Å². The van der Waals surface area contributed by atoms with E-state index in [4.69, 9.17) is 9.57 Å². The molecule has 0 radical (unpaired) electrons. The van der Waals surface area contributed by atoms with Gasteiger partial charge in [-0.1, -0.05) is 13.8 Å². The summed E-state index contributed by atoms with van der Waals surface area (Å²) in [6, 6.07) is 0. The lowest BCUT2D eigenvalue weighted by Gasteiger charge is -2.34. The third-order valence-electron chi connectivity index (χ3n) is 2.67. The van der Waals surface area contributed by atoms with Crippen LogP contribution in [0.15, 0.2) is 0 Å². The van der Waals surface area contributed by atoms with E-state index in [1.165, 1.54) is 0 Å². The van der Waals surface area contributed by atoms with Crippen molar-refractivity contribution in [2.24, 2.45) is 11.8 Å². The van der Waals surface area contributed by atoms with Crippen LogP contribution >= 0.6 is 0 Å². The molecule has 4 nitrogen and oxygen atoms in total. The van der Waals surface area contributed by atoms with E-state index in [0.29, 0.717) is 31.0 Å². The number of amides is 1. The van der Waals surface area contributed by atoms with E-state index >= 15 is 0 Å². The molecule has 1 fully saturated rings. The van der Waals surface area contributed by atoms with Crippen LogP contribution < -0.4 is 5.48 Å². The molecule has 94 valence electrons. The predicted octanol–water partition coefficient (Wildman–Crippen LogP) is 1.90. The van der Waals surface area contributed by atoms with E-state index in [1.54, 1.807) is 0 Å². The molecule has 4 heteroatoms. The molecule has 0 aliphatic heterocycles. The molecule has 0 unspecified atom stereocenters. The lowest BCUT2D eigenvalue weighted by Crippen LogP contribution is -2.36. The Kier molecular flexibility index (Phi) is 5.77. The second kappa shape index (κ2) is 6.86. The first-order valence-corrected chi connectivity index (χ1v) is 6.14. The van der Waals surface area contributed by atoms with Gasteiger partial charge in [0.1, 0.15) is 0 Å². The number of rotatable bonds is 7. The maximum atomic E-state index is 11.4. The van der Waals surface area contributed by atoms with Gasteiger partial charge in [0.05, 0.1) is 12.7 Å². The molecule has 0 heterocycles. The topological polar surface area (TPSA) is 47.6 Å². The zero-order valence-electron chi connectivity index (χ0n) is 10.5. The molecule has 0 bridgehead atoms. The normalized spacial score (nSPS) is 24.2. The first-order chi connectivity index (χ1) is 7.61. The average molecular weight is 229 g/mol. The molecule has 0 atom stereocenters. The molecule has 1 amide bonds. The van der Waals surface area contributed by atoms with Gasteiger partial charge in [-0.2, -0.15) is 0 Å². The third-order valence-corrected chi connectivity index (χ3v) is 2.67. The van der Waals surface area contributed by atoms with Crippen molar-refractivity contribution < 1.29 is 14.4 Å². The molecular weight excluding hydrogens is 206 g/mol. The van der Waals surface area contributed by atoms with Crippen molar-refractivity contribution in [3.63, 3.8) is 0 Å². The van der Waals surface area contributed by atoms with Gasteiger partial charge >= 0.3 is 0 Å². The molecule has 1 saturated carbocycles. The molecule has 1 rings (SSSR count). The molecule has 0 saturated heterocycles. The summed E-state index contributed by atoms with van der Waals surface area (Å²) >= 11 is 0. The number of hydrogen-bond donors (Lipinski definition) is 1. The summed E-state index contributed by atoms with van der Waals surface area (Å²) in [7, 11) is 0. The Labute approximate surface area is 97.6 Å². The summed E-state index contributed by atoms with van der Waals surface area (Å²) in [5, 5.41) is 0. The minimum absolute atomic E-state index is 0.0133. The van der Waals surface area contributed by atoms with Crippen LogP contribution in [0.4, 0.5) is 0 Å². The fourth-order valence-electron chi connectivity index (χ4n) is 1.81. The fourth-order valence-corrected chi connectivity index (χ4v) is 1.81. The Morgan fingerprint density at radius 2 is 2.12 bits per heavy atom. The molecule has 1 aliphatic carbocycles. The number of carbonyl (C=O) groups excluding carboxylic acids is 1. The van der Waals surface area contributed by atoms with Gasteiger partial charge in [-0.3, -0.25) is 9.63 Å². The van der Waals surface area contributed by atoms with E-state index in [9.17, 15) is 4.79 Å². The second-order valence-electron chi connectivity index (χ2n) is 4.85. The minimum Gasteiger partial charge on any atom is -0.378 e. The molecule has 1 aliphatic rings. The third kappa shape index (κ3) is 4.94. The summed E-state index contributed by atoms with van der Waals surface area (Å²) in [6.45, 7) is 7.42. The largest absolute Gasteiger partial charge is 0.378 e. The molecular formula is C12H23NO3. The maximum Gasteiger partial charge on any atom is 0.243 e. The lowest BCUT2D eigenvalue weighted by atomic mass is 9.80. The summed E-state index contributed by atoms with van der Waals surface area (Å²) in [5.41, 5.74) is 2.48. The lowest BCUT2D eigenvalue weighted by molar-refractivity contribution is -0.137. The Balaban J connectivity index is 1.99. The zero-order valence-corrected chi connectivity index (χ0v) is 10.5. The first-order valence-electron chi connectivity index (χ1n) is 6.14. The highest BCUT2D eigenvalue weighted by atomic mass is 16.6. The molecule has 0 aromatic rings. The van der Waals surface area contributed by atoms with Gasteiger partial charge in [0.2, 0.25) is 5.91 Å². The minimum atomic E-state index is -0.0133. The van der Waals surface area contributed by atoms with Crippen molar-refractivity contribution in [2.75, 3.05) is 13.2 Å². The molecule has 16 heavy (non-hydrogen) atoms. The summed E-state index contributed by atoms with van der Waals surface area (Å²) in [5.74, 6) is 0.895. The number of hydrogen-bond acceptors (Lipinski definition) is 3. The van der Waals surface area contributed by atoms with Crippen molar-refractivity contribution in [1.29, 1.82) is 0 Å². The molecule has 1 N–H and O–H groups in total. The second-order valence-corrected chi connectivity index (χ2v) is 4.85. The highest BCUT2D eigenvalue weighted by Crippen LogP contribution is 2.32. The highest BCUT2D eigenvalue weighted by Gasteiger charge is 2.30. The summed E-state index contributed by atoms with van der Waals surface area (Å²) in [4.78, 5) is 16.5. The van der Waals surface area contributed by atoms with Crippen LogP contribution in [-0.2, 0) is 14.4 Å². The van der Waals surface area contributed by atoms with E-state index in [2.05, 4.69) is 5.48 Å². The number of carbonyl (C=O) groups is 1. The van der Waals surface area contributed by atoms with Crippen LogP contribution in [0.5, 0.6) is 0 Å². The zero-order chi connectivity index (χ0) is 12.0. The standard InChI is InChI=1S/C12H23NO3/c1-4-15-11-5-10(6-11)7-12(14)13-16-8-9(2)3/h9-11H,4-8H2,1-3H3,(H,13,14). The quantitative estimate of drug-likeness (QED) is 0.678. The van der Waals surface area contributed by atoms with Crippen LogP contribution in [0.3, 0.4) is 0 Å². The van der Waals surface area contributed by atoms with Crippen molar-refractivity contribution >= 4 is 5.91 Å². The highest BCUT2D eigenvalue weighted by molar-refractivity contribution is 5.75. The van der Waals surface area contributed by atoms with Crippen LogP contribution in [0.2, 0.25) is 0 Å². The van der Waals surface area contributed by atoms with E-state index in [1.807, 2.05) is 20.8 Å². The van der Waals surface area contributed by atoms with Crippen molar-refractivity contribution in [3.8, 4) is 0 Å². The van der Waals surface area contributed by atoms with Gasteiger partial charge in [-0.15, -0.1) is 0 Å². The Bertz CT molecular complexity index is 212. The van der Waals surface area contributed by atoms with E-state index in [0.717, 1.165) is 19.4 Å². The van der Waals surface area contributed by atoms with Crippen molar-refractivity contribution in [3.05, 3.63) is 0 Å². The van der Waals surface area contributed by atoms with Gasteiger partial charge in [0.15, 0.2) is 0 Å². The molecule has 0 spiro atoms. The Morgan fingerprint density at radius 1 is 1.44 bits per heavy atom. The monoisotopic (exact) mass is 229 g/mol. The van der Waals surface area contributed by atoms with Crippen LogP contribution in [0.25, 0.3) is 0 Å². The Morgan fingerprint density at radius 3 is 2.69 bits per heavy atom. The fraction of sp³-hybridized carbons (Fsp3) is 0.917. The average Bonchev–Trinajstić information content (AvgIpc) is 2.14. The number of hydroxylamine groups is 1. The first kappa shape index (κ1) is 13.5. The number of nitrogens with one attached hydrogen (secondary N) is 1. The smallest absolute Gasteiger partial charge is 0.243 e. The SMILES string of the molecule is CCOC1CC(CC(=O)NOCC(C)C)C1. The van der Waals surface area contributed by atoms with Crippen molar-refractivity contribution in [2.45, 2.75) is 46.1 Å². The Hall–Kier alpha value is -0.610. The molecule has 0 aromatic carbocycles. The van der Waals surface area contributed by atoms with E-state index in [-0.39, 0.29) is 5.91 Å². The summed E-state index contributed by atoms with van der Waals surface area (Å²) < 4.78 is 5.44. The number of ether oxygens (including phenoxy) is 1. The van der Waals surface area contributed by atoms with E-state index < -0.39 is 0 Å². The van der Waals surface area contributed by atoms with Gasteiger partial charge in [0.25, 0.3) is 0 Å². The van der Waals surface area contributed by atoms with Gasteiger partial charge in [-0.05, 0) is 31.6 Å². The molecule has 0 aromatic heterocycles. The summed E-state index contributed by atoms with van der Waals surface area (Å²) in [6.07, 6.45) is 2.94.